The first-order valence-electron chi connectivity index (χ1n) is 4.34. The number of nitrogens with one attached hydrogen (secondary N) is 1. The van der Waals surface area contributed by atoms with E-state index in [-0.39, 0.29) is 12.4 Å². The largest absolute Gasteiger partial charge is 0.479 e. The molecule has 2 N–H and O–H groups in total. The highest BCUT2D eigenvalue weighted by Crippen LogP contribution is 2.13. The molecule has 1 rings (SSSR count). The number of ether oxygens (including phenoxy) is 1. The number of furan rings is 1. The molecule has 0 radical (unpaired) electrons. The number of carbonyl (C=O) groups is 2. The molecule has 0 aromatic carbocycles. The number of rotatable bonds is 4. The molecule has 0 aliphatic carbocycles. The van der Waals surface area contributed by atoms with Gasteiger partial charge in [-0.2, -0.15) is 0 Å². The van der Waals surface area contributed by atoms with E-state index in [9.17, 15) is 9.59 Å². The zero-order chi connectivity index (χ0) is 11.3. The lowest BCUT2D eigenvalue weighted by molar-refractivity contribution is -0.140. The highest BCUT2D eigenvalue weighted by atomic mass is 16.5. The van der Waals surface area contributed by atoms with Crippen LogP contribution in [0.3, 0.4) is 0 Å². The van der Waals surface area contributed by atoms with E-state index < -0.39 is 18.1 Å². The van der Waals surface area contributed by atoms with Crippen molar-refractivity contribution < 1.29 is 23.8 Å². The summed E-state index contributed by atoms with van der Waals surface area (Å²) in [6.45, 7) is 1.80. The maximum atomic E-state index is 11.0. The third kappa shape index (κ3) is 3.01. The van der Waals surface area contributed by atoms with Gasteiger partial charge in [-0.1, -0.05) is 0 Å². The van der Waals surface area contributed by atoms with E-state index in [0.29, 0.717) is 0 Å². The van der Waals surface area contributed by atoms with Gasteiger partial charge in [0.05, 0.1) is 12.9 Å². The normalized spacial score (nSPS) is 11.8. The Morgan fingerprint density at radius 2 is 2.40 bits per heavy atom. The van der Waals surface area contributed by atoms with Gasteiger partial charge in [-0.05, 0) is 19.1 Å². The van der Waals surface area contributed by atoms with Gasteiger partial charge < -0.3 is 19.6 Å². The topological polar surface area (TPSA) is 88.8 Å². The van der Waals surface area contributed by atoms with E-state index in [4.69, 9.17) is 9.52 Å². The van der Waals surface area contributed by atoms with E-state index in [1.54, 1.807) is 6.92 Å². The van der Waals surface area contributed by atoms with Gasteiger partial charge in [0.15, 0.2) is 6.04 Å². The summed E-state index contributed by atoms with van der Waals surface area (Å²) >= 11 is 0. The predicted molar refractivity (Wildman–Crippen MR) is 49.2 cm³/mol. The fraction of sp³-hybridized carbons (Fsp3) is 0.333. The van der Waals surface area contributed by atoms with Crippen molar-refractivity contribution in [1.82, 2.24) is 5.32 Å². The summed E-state index contributed by atoms with van der Waals surface area (Å²) < 4.78 is 9.45. The number of hydrogen-bond donors (Lipinski definition) is 2. The van der Waals surface area contributed by atoms with E-state index in [1.165, 1.54) is 18.4 Å². The molecule has 1 amide bonds. The molecule has 82 valence electrons. The van der Waals surface area contributed by atoms with E-state index >= 15 is 0 Å². The Hall–Kier alpha value is -1.98. The quantitative estimate of drug-likeness (QED) is 0.783. The molecule has 0 aliphatic rings. The van der Waals surface area contributed by atoms with Crippen molar-refractivity contribution in [3.05, 3.63) is 24.2 Å². The van der Waals surface area contributed by atoms with Gasteiger partial charge in [-0.15, -0.1) is 0 Å². The van der Waals surface area contributed by atoms with Crippen molar-refractivity contribution in [2.24, 2.45) is 0 Å². The monoisotopic (exact) mass is 213 g/mol. The standard InChI is InChI=1S/C9H11NO5/c1-2-14-9(13)10-7(8(11)12)6-4-3-5-15-6/h3-5,7H,2H2,1H3,(H,10,13)(H,11,12)/t7-/m0/s1. The van der Waals surface area contributed by atoms with Crippen LogP contribution in [-0.2, 0) is 9.53 Å². The molecule has 0 aliphatic heterocycles. The number of alkyl carbamates (subject to hydrolysis) is 1. The maximum Gasteiger partial charge on any atom is 0.408 e. The summed E-state index contributed by atoms with van der Waals surface area (Å²) in [6, 6.07) is 1.78. The first kappa shape index (κ1) is 11.1. The van der Waals surface area contributed by atoms with Gasteiger partial charge in [0.2, 0.25) is 0 Å². The number of aliphatic carboxylic acids is 1. The van der Waals surface area contributed by atoms with Crippen molar-refractivity contribution >= 4 is 12.1 Å². The van der Waals surface area contributed by atoms with Crippen LogP contribution in [0.2, 0.25) is 0 Å². The van der Waals surface area contributed by atoms with Gasteiger partial charge in [-0.3, -0.25) is 0 Å². The fourth-order valence-electron chi connectivity index (χ4n) is 1.00. The van der Waals surface area contributed by atoms with Crippen LogP contribution in [0.15, 0.2) is 22.8 Å². The molecular weight excluding hydrogens is 202 g/mol. The van der Waals surface area contributed by atoms with Crippen LogP contribution in [-0.4, -0.2) is 23.8 Å². The highest BCUT2D eigenvalue weighted by Gasteiger charge is 2.24. The lowest BCUT2D eigenvalue weighted by Gasteiger charge is -2.11. The fourth-order valence-corrected chi connectivity index (χ4v) is 1.00. The summed E-state index contributed by atoms with van der Waals surface area (Å²) in [6.07, 6.45) is 0.541. The second-order valence-corrected chi connectivity index (χ2v) is 2.65. The molecule has 0 saturated heterocycles. The van der Waals surface area contributed by atoms with Crippen molar-refractivity contribution in [2.75, 3.05) is 6.61 Å². The predicted octanol–water partition coefficient (Wildman–Crippen LogP) is 1.15. The summed E-state index contributed by atoms with van der Waals surface area (Å²) in [5.41, 5.74) is 0. The van der Waals surface area contributed by atoms with E-state index in [0.717, 1.165) is 0 Å². The molecule has 0 bridgehead atoms. The minimum atomic E-state index is -1.22. The van der Waals surface area contributed by atoms with Crippen molar-refractivity contribution in [1.29, 1.82) is 0 Å². The Bertz CT molecular complexity index is 332. The van der Waals surface area contributed by atoms with Crippen LogP contribution in [0.4, 0.5) is 4.79 Å². The molecule has 0 fully saturated rings. The molecule has 15 heavy (non-hydrogen) atoms. The third-order valence-corrected chi connectivity index (χ3v) is 1.61. The molecule has 1 aromatic heterocycles. The molecular formula is C9H11NO5. The summed E-state index contributed by atoms with van der Waals surface area (Å²) in [4.78, 5) is 21.8. The smallest absolute Gasteiger partial charge is 0.408 e. The van der Waals surface area contributed by atoms with Crippen molar-refractivity contribution in [3.63, 3.8) is 0 Å². The minimum Gasteiger partial charge on any atom is -0.479 e. The molecule has 0 unspecified atom stereocenters. The van der Waals surface area contributed by atoms with Gasteiger partial charge in [0.25, 0.3) is 0 Å². The molecule has 6 nitrogen and oxygen atoms in total. The van der Waals surface area contributed by atoms with Crippen LogP contribution in [0.25, 0.3) is 0 Å². The molecule has 0 spiro atoms. The number of carboxylic acid groups (broad SMARTS) is 1. The van der Waals surface area contributed by atoms with Crippen LogP contribution < -0.4 is 5.32 Å². The van der Waals surface area contributed by atoms with Crippen LogP contribution in [0.1, 0.15) is 18.7 Å². The lowest BCUT2D eigenvalue weighted by Crippen LogP contribution is -2.33. The lowest BCUT2D eigenvalue weighted by atomic mass is 10.2. The number of amides is 1. The Kier molecular flexibility index (Phi) is 3.73. The summed E-state index contributed by atoms with van der Waals surface area (Å²) in [7, 11) is 0. The SMILES string of the molecule is CCOC(=O)N[C@H](C(=O)O)c1ccco1. The summed E-state index contributed by atoms with van der Waals surface area (Å²) in [5.74, 6) is -1.06. The van der Waals surface area contributed by atoms with E-state index in [1.807, 2.05) is 0 Å². The van der Waals surface area contributed by atoms with Gasteiger partial charge in [0.1, 0.15) is 5.76 Å². The number of carboxylic acids is 1. The molecule has 1 atom stereocenters. The average Bonchev–Trinajstić information content (AvgIpc) is 2.66. The average molecular weight is 213 g/mol. The first-order chi connectivity index (χ1) is 7.15. The van der Waals surface area contributed by atoms with Crippen LogP contribution >= 0.6 is 0 Å². The molecule has 6 heteroatoms. The van der Waals surface area contributed by atoms with Gasteiger partial charge >= 0.3 is 12.1 Å². The Balaban J connectivity index is 2.68. The zero-order valence-electron chi connectivity index (χ0n) is 8.10. The van der Waals surface area contributed by atoms with Gasteiger partial charge in [0, 0.05) is 0 Å². The van der Waals surface area contributed by atoms with Crippen molar-refractivity contribution in [3.8, 4) is 0 Å². The zero-order valence-corrected chi connectivity index (χ0v) is 8.10. The first-order valence-corrected chi connectivity index (χ1v) is 4.34. The number of hydrogen-bond acceptors (Lipinski definition) is 4. The molecule has 1 aromatic rings. The molecule has 0 saturated carbocycles. The van der Waals surface area contributed by atoms with Crippen molar-refractivity contribution in [2.45, 2.75) is 13.0 Å². The second-order valence-electron chi connectivity index (χ2n) is 2.65. The number of carbonyl (C=O) groups excluding carboxylic acids is 1. The van der Waals surface area contributed by atoms with E-state index in [2.05, 4.69) is 10.1 Å². The third-order valence-electron chi connectivity index (χ3n) is 1.61. The van der Waals surface area contributed by atoms with Crippen LogP contribution in [0, 0.1) is 0 Å². The maximum absolute atomic E-state index is 11.0. The second kappa shape index (κ2) is 5.04. The highest BCUT2D eigenvalue weighted by molar-refractivity contribution is 5.80. The Labute approximate surface area is 85.8 Å². The Morgan fingerprint density at radius 3 is 2.87 bits per heavy atom. The molecule has 1 heterocycles. The van der Waals surface area contributed by atoms with Gasteiger partial charge in [-0.25, -0.2) is 9.59 Å². The van der Waals surface area contributed by atoms with Crippen LogP contribution in [0.5, 0.6) is 0 Å². The Morgan fingerprint density at radius 1 is 1.67 bits per heavy atom. The summed E-state index contributed by atoms with van der Waals surface area (Å²) in [5, 5.41) is 11.0. The minimum absolute atomic E-state index is 0.149.